The number of hydrogen-bond acceptors (Lipinski definition) is 3. The number of ketones is 1. The molecule has 0 aliphatic carbocycles. The largest absolute Gasteiger partial charge is 0.351 e. The SMILES string of the molecule is CCC(CCCC(=O)c1ccc(F)cc1)C1CNCCN1C(N)=O.Cl. The highest BCUT2D eigenvalue weighted by Crippen LogP contribution is 2.23. The Morgan fingerprint density at radius 2 is 2.04 bits per heavy atom. The maximum atomic E-state index is 12.9. The van der Waals surface area contributed by atoms with Crippen LogP contribution in [0.4, 0.5) is 9.18 Å². The molecule has 140 valence electrons. The van der Waals surface area contributed by atoms with Crippen molar-refractivity contribution in [1.82, 2.24) is 10.2 Å². The summed E-state index contributed by atoms with van der Waals surface area (Å²) in [5, 5.41) is 3.31. The summed E-state index contributed by atoms with van der Waals surface area (Å²) in [6.07, 6.45) is 2.97. The summed E-state index contributed by atoms with van der Waals surface area (Å²) >= 11 is 0. The predicted octanol–water partition coefficient (Wildman–Crippen LogP) is 2.98. The highest BCUT2D eigenvalue weighted by atomic mass is 35.5. The number of nitrogens with two attached hydrogens (primary N) is 1. The third-order valence-electron chi connectivity index (χ3n) is 4.78. The number of primary amides is 1. The van der Waals surface area contributed by atoms with Gasteiger partial charge in [-0.05, 0) is 43.0 Å². The number of carbonyl (C=O) groups excluding carboxylic acids is 2. The van der Waals surface area contributed by atoms with Crippen molar-refractivity contribution < 1.29 is 14.0 Å². The molecule has 1 heterocycles. The third-order valence-corrected chi connectivity index (χ3v) is 4.78. The van der Waals surface area contributed by atoms with Crippen molar-refractivity contribution in [2.24, 2.45) is 11.7 Å². The lowest BCUT2D eigenvalue weighted by Crippen LogP contribution is -2.58. The molecule has 1 aromatic rings. The van der Waals surface area contributed by atoms with E-state index in [1.165, 1.54) is 24.3 Å². The summed E-state index contributed by atoms with van der Waals surface area (Å²) in [4.78, 5) is 25.5. The minimum absolute atomic E-state index is 0. The van der Waals surface area contributed by atoms with Crippen LogP contribution in [0.25, 0.3) is 0 Å². The van der Waals surface area contributed by atoms with Crippen molar-refractivity contribution in [3.05, 3.63) is 35.6 Å². The molecule has 0 aromatic heterocycles. The lowest BCUT2D eigenvalue weighted by atomic mass is 9.88. The molecule has 1 aliphatic heterocycles. The van der Waals surface area contributed by atoms with Crippen LogP contribution in [0.5, 0.6) is 0 Å². The molecule has 2 unspecified atom stereocenters. The molecule has 1 aliphatic rings. The number of halogens is 2. The maximum absolute atomic E-state index is 12.9. The van der Waals surface area contributed by atoms with Crippen molar-refractivity contribution in [2.75, 3.05) is 19.6 Å². The lowest BCUT2D eigenvalue weighted by Gasteiger charge is -2.39. The second-order valence-electron chi connectivity index (χ2n) is 6.29. The highest BCUT2D eigenvalue weighted by molar-refractivity contribution is 5.95. The Labute approximate surface area is 154 Å². The topological polar surface area (TPSA) is 75.4 Å². The number of carbonyl (C=O) groups is 2. The van der Waals surface area contributed by atoms with E-state index in [0.717, 1.165) is 32.4 Å². The van der Waals surface area contributed by atoms with Crippen LogP contribution in [-0.4, -0.2) is 42.4 Å². The molecule has 0 bridgehead atoms. The monoisotopic (exact) mass is 371 g/mol. The van der Waals surface area contributed by atoms with E-state index in [4.69, 9.17) is 5.73 Å². The summed E-state index contributed by atoms with van der Waals surface area (Å²) in [7, 11) is 0. The number of urea groups is 1. The number of nitrogens with zero attached hydrogens (tertiary/aromatic N) is 1. The number of benzene rings is 1. The van der Waals surface area contributed by atoms with E-state index in [1.807, 2.05) is 0 Å². The van der Waals surface area contributed by atoms with Crippen LogP contribution < -0.4 is 11.1 Å². The zero-order valence-corrected chi connectivity index (χ0v) is 15.4. The summed E-state index contributed by atoms with van der Waals surface area (Å²) in [6.45, 7) is 4.23. The van der Waals surface area contributed by atoms with Gasteiger partial charge in [-0.25, -0.2) is 9.18 Å². The van der Waals surface area contributed by atoms with Gasteiger partial charge in [-0.1, -0.05) is 13.3 Å². The molecular weight excluding hydrogens is 345 g/mol. The zero-order chi connectivity index (χ0) is 17.5. The number of rotatable bonds is 7. The van der Waals surface area contributed by atoms with E-state index in [1.54, 1.807) is 4.90 Å². The second-order valence-corrected chi connectivity index (χ2v) is 6.29. The zero-order valence-electron chi connectivity index (χ0n) is 14.5. The molecule has 1 fully saturated rings. The fourth-order valence-electron chi connectivity index (χ4n) is 3.39. The van der Waals surface area contributed by atoms with E-state index in [-0.39, 0.29) is 36.1 Å². The van der Waals surface area contributed by atoms with Crippen molar-refractivity contribution in [2.45, 2.75) is 38.6 Å². The van der Waals surface area contributed by atoms with E-state index < -0.39 is 0 Å². The molecule has 25 heavy (non-hydrogen) atoms. The smallest absolute Gasteiger partial charge is 0.315 e. The van der Waals surface area contributed by atoms with Crippen LogP contribution in [-0.2, 0) is 0 Å². The normalized spacial score (nSPS) is 18.3. The Balaban J connectivity index is 0.00000312. The number of nitrogens with one attached hydrogen (secondary N) is 1. The number of amides is 2. The molecule has 1 saturated heterocycles. The van der Waals surface area contributed by atoms with Gasteiger partial charge in [0.2, 0.25) is 0 Å². The number of piperazine rings is 1. The van der Waals surface area contributed by atoms with E-state index in [9.17, 15) is 14.0 Å². The van der Waals surface area contributed by atoms with Crippen LogP contribution in [0.2, 0.25) is 0 Å². The Morgan fingerprint density at radius 1 is 1.36 bits per heavy atom. The Bertz CT molecular complexity index is 568. The average Bonchev–Trinajstić information content (AvgIpc) is 2.59. The first kappa shape index (κ1) is 21.4. The molecule has 7 heteroatoms. The van der Waals surface area contributed by atoms with E-state index in [2.05, 4.69) is 12.2 Å². The van der Waals surface area contributed by atoms with E-state index >= 15 is 0 Å². The van der Waals surface area contributed by atoms with Crippen molar-refractivity contribution >= 4 is 24.2 Å². The van der Waals surface area contributed by atoms with Gasteiger partial charge in [0.15, 0.2) is 5.78 Å². The van der Waals surface area contributed by atoms with Crippen LogP contribution in [0.3, 0.4) is 0 Å². The van der Waals surface area contributed by atoms with Crippen molar-refractivity contribution in [3.8, 4) is 0 Å². The van der Waals surface area contributed by atoms with E-state index in [0.29, 0.717) is 24.4 Å². The van der Waals surface area contributed by atoms with Crippen molar-refractivity contribution in [1.29, 1.82) is 0 Å². The van der Waals surface area contributed by atoms with Crippen LogP contribution >= 0.6 is 12.4 Å². The molecule has 0 saturated carbocycles. The Hall–Kier alpha value is -1.66. The molecule has 2 rings (SSSR count). The quantitative estimate of drug-likeness (QED) is 0.723. The highest BCUT2D eigenvalue weighted by Gasteiger charge is 2.30. The van der Waals surface area contributed by atoms with Gasteiger partial charge in [0.1, 0.15) is 5.82 Å². The standard InChI is InChI=1S/C18H26FN3O2.ClH/c1-2-13(16-12-21-10-11-22(16)18(20)24)4-3-5-17(23)14-6-8-15(19)9-7-14;/h6-9,13,16,21H,2-5,10-12H2,1H3,(H2,20,24);1H. The third kappa shape index (κ3) is 5.97. The number of hydrogen-bond donors (Lipinski definition) is 2. The fraction of sp³-hybridized carbons (Fsp3) is 0.556. The van der Waals surface area contributed by atoms with Gasteiger partial charge in [0.25, 0.3) is 0 Å². The van der Waals surface area contributed by atoms with Gasteiger partial charge in [0, 0.05) is 37.7 Å². The average molecular weight is 372 g/mol. The minimum Gasteiger partial charge on any atom is -0.351 e. The summed E-state index contributed by atoms with van der Waals surface area (Å²) in [5.41, 5.74) is 6.03. The van der Waals surface area contributed by atoms with Gasteiger partial charge in [-0.2, -0.15) is 0 Å². The van der Waals surface area contributed by atoms with Gasteiger partial charge in [0.05, 0.1) is 0 Å². The minimum atomic E-state index is -0.373. The predicted molar refractivity (Wildman–Crippen MR) is 98.6 cm³/mol. The van der Waals surface area contributed by atoms with Gasteiger partial charge < -0.3 is 16.0 Å². The summed E-state index contributed by atoms with van der Waals surface area (Å²) in [6, 6.07) is 5.37. The van der Waals surface area contributed by atoms with Gasteiger partial charge >= 0.3 is 6.03 Å². The fourth-order valence-corrected chi connectivity index (χ4v) is 3.39. The van der Waals surface area contributed by atoms with Gasteiger partial charge in [-0.3, -0.25) is 4.79 Å². The Kier molecular flexibility index (Phi) is 8.86. The van der Waals surface area contributed by atoms with Crippen LogP contribution in [0.1, 0.15) is 43.0 Å². The first-order chi connectivity index (χ1) is 11.5. The molecule has 0 spiro atoms. The Morgan fingerprint density at radius 3 is 2.64 bits per heavy atom. The first-order valence-electron chi connectivity index (χ1n) is 8.58. The summed E-state index contributed by atoms with van der Waals surface area (Å²) < 4.78 is 12.9. The van der Waals surface area contributed by atoms with Crippen LogP contribution in [0.15, 0.2) is 24.3 Å². The van der Waals surface area contributed by atoms with Gasteiger partial charge in [-0.15, -0.1) is 12.4 Å². The second kappa shape index (κ2) is 10.4. The van der Waals surface area contributed by atoms with Crippen molar-refractivity contribution in [3.63, 3.8) is 0 Å². The lowest BCUT2D eigenvalue weighted by molar-refractivity contribution is 0.0966. The molecule has 0 radical (unpaired) electrons. The molecule has 2 amide bonds. The number of Topliss-reactive ketones (excluding diaryl/α,β-unsaturated/α-hetero) is 1. The maximum Gasteiger partial charge on any atom is 0.315 e. The molecule has 5 nitrogen and oxygen atoms in total. The van der Waals surface area contributed by atoms with Crippen LogP contribution in [0, 0.1) is 11.7 Å². The molecule has 1 aromatic carbocycles. The molecular formula is C18H27ClFN3O2. The first-order valence-corrected chi connectivity index (χ1v) is 8.58. The summed E-state index contributed by atoms with van der Waals surface area (Å²) in [5.74, 6) is -0.00126. The molecule has 3 N–H and O–H groups in total. The molecule has 2 atom stereocenters.